The molecule has 1 aromatic heterocycles. The number of ketones is 1. The minimum atomic E-state index is -1.32. The van der Waals surface area contributed by atoms with Gasteiger partial charge < -0.3 is 5.11 Å². The molecule has 0 atom stereocenters. The van der Waals surface area contributed by atoms with Crippen molar-refractivity contribution in [1.82, 2.24) is 4.98 Å². The number of hydrogen-bond acceptors (Lipinski definition) is 4. The van der Waals surface area contributed by atoms with Gasteiger partial charge in [0.2, 0.25) is 0 Å². The number of halogens is 2. The summed E-state index contributed by atoms with van der Waals surface area (Å²) >= 11 is 6.48. The standard InChI is InChI=1S/C12H7ClFNO3S/c1-5(16)10-9(12(17)18)15-11(19-10)7-3-2-6(13)4-8(7)14/h2-4H,1H3,(H,17,18). The van der Waals surface area contributed by atoms with Crippen LogP contribution in [0.3, 0.4) is 0 Å². The molecule has 1 heterocycles. The van der Waals surface area contributed by atoms with E-state index in [0.29, 0.717) is 0 Å². The molecule has 0 aliphatic rings. The highest BCUT2D eigenvalue weighted by atomic mass is 35.5. The molecule has 2 aromatic rings. The van der Waals surface area contributed by atoms with Crippen LogP contribution >= 0.6 is 22.9 Å². The van der Waals surface area contributed by atoms with Crippen molar-refractivity contribution in [3.8, 4) is 10.6 Å². The molecule has 0 aliphatic carbocycles. The highest BCUT2D eigenvalue weighted by Crippen LogP contribution is 2.31. The summed E-state index contributed by atoms with van der Waals surface area (Å²) < 4.78 is 13.7. The van der Waals surface area contributed by atoms with Crippen LogP contribution in [0.2, 0.25) is 5.02 Å². The number of hydrogen-bond donors (Lipinski definition) is 1. The number of thiazole rings is 1. The SMILES string of the molecule is CC(=O)c1sc(-c2ccc(Cl)cc2F)nc1C(=O)O. The summed E-state index contributed by atoms with van der Waals surface area (Å²) in [5, 5.41) is 9.33. The second-order valence-electron chi connectivity index (χ2n) is 3.68. The maximum absolute atomic E-state index is 13.7. The summed E-state index contributed by atoms with van der Waals surface area (Å²) in [6.45, 7) is 1.24. The van der Waals surface area contributed by atoms with E-state index in [0.717, 1.165) is 17.4 Å². The molecular formula is C12H7ClFNO3S. The van der Waals surface area contributed by atoms with E-state index in [-0.39, 0.29) is 26.2 Å². The number of carbonyl (C=O) groups excluding carboxylic acids is 1. The molecule has 0 spiro atoms. The fraction of sp³-hybridized carbons (Fsp3) is 0.0833. The molecular weight excluding hydrogens is 293 g/mol. The van der Waals surface area contributed by atoms with Crippen LogP contribution in [0.5, 0.6) is 0 Å². The third-order valence-corrected chi connectivity index (χ3v) is 3.74. The predicted octanol–water partition coefficient (Wildman–Crippen LogP) is 3.50. The first-order chi connectivity index (χ1) is 8.90. The summed E-state index contributed by atoms with van der Waals surface area (Å²) in [5.74, 6) is -2.36. The summed E-state index contributed by atoms with van der Waals surface area (Å²) in [4.78, 5) is 26.1. The molecule has 19 heavy (non-hydrogen) atoms. The fourth-order valence-corrected chi connectivity index (χ4v) is 2.62. The van der Waals surface area contributed by atoms with Gasteiger partial charge in [-0.1, -0.05) is 11.6 Å². The molecule has 0 aliphatic heterocycles. The van der Waals surface area contributed by atoms with Gasteiger partial charge in [0.1, 0.15) is 15.7 Å². The van der Waals surface area contributed by atoms with Gasteiger partial charge in [0.15, 0.2) is 11.5 Å². The van der Waals surface area contributed by atoms with Crippen LogP contribution in [-0.4, -0.2) is 21.8 Å². The summed E-state index contributed by atoms with van der Waals surface area (Å²) in [7, 11) is 0. The van der Waals surface area contributed by atoms with Gasteiger partial charge in [-0.05, 0) is 18.2 Å². The normalized spacial score (nSPS) is 10.5. The monoisotopic (exact) mass is 299 g/mol. The Kier molecular flexibility index (Phi) is 3.64. The molecule has 0 radical (unpaired) electrons. The second kappa shape index (κ2) is 5.07. The number of carboxylic acids is 1. The molecule has 0 bridgehead atoms. The number of aromatic nitrogens is 1. The molecule has 7 heteroatoms. The van der Waals surface area contributed by atoms with Crippen molar-refractivity contribution in [1.29, 1.82) is 0 Å². The Morgan fingerprint density at radius 1 is 1.42 bits per heavy atom. The Morgan fingerprint density at radius 2 is 2.11 bits per heavy atom. The molecule has 0 unspecified atom stereocenters. The Balaban J connectivity index is 2.60. The third-order valence-electron chi connectivity index (χ3n) is 2.31. The zero-order valence-corrected chi connectivity index (χ0v) is 11.2. The summed E-state index contributed by atoms with van der Waals surface area (Å²) in [6.07, 6.45) is 0. The van der Waals surface area contributed by atoms with E-state index in [1.54, 1.807) is 0 Å². The maximum atomic E-state index is 13.7. The number of nitrogens with zero attached hydrogens (tertiary/aromatic N) is 1. The van der Waals surface area contributed by atoms with Gasteiger partial charge in [0, 0.05) is 17.5 Å². The third kappa shape index (κ3) is 2.64. The number of aromatic carboxylic acids is 1. The number of rotatable bonds is 3. The van der Waals surface area contributed by atoms with Crippen LogP contribution < -0.4 is 0 Å². The van der Waals surface area contributed by atoms with E-state index < -0.39 is 17.6 Å². The van der Waals surface area contributed by atoms with E-state index in [1.807, 2.05) is 0 Å². The lowest BCUT2D eigenvalue weighted by Gasteiger charge is -1.98. The Bertz CT molecular complexity index is 652. The summed E-state index contributed by atoms with van der Waals surface area (Å²) in [5.41, 5.74) is -0.244. The zero-order valence-electron chi connectivity index (χ0n) is 9.61. The van der Waals surface area contributed by atoms with E-state index >= 15 is 0 Å². The number of carboxylic acid groups (broad SMARTS) is 1. The van der Waals surface area contributed by atoms with E-state index in [1.165, 1.54) is 19.1 Å². The second-order valence-corrected chi connectivity index (χ2v) is 5.12. The van der Waals surface area contributed by atoms with E-state index in [9.17, 15) is 14.0 Å². The molecule has 0 fully saturated rings. The van der Waals surface area contributed by atoms with Crippen LogP contribution in [0, 0.1) is 5.82 Å². The molecule has 0 saturated heterocycles. The van der Waals surface area contributed by atoms with Crippen molar-refractivity contribution in [2.24, 2.45) is 0 Å². The van der Waals surface area contributed by atoms with Gasteiger partial charge in [-0.25, -0.2) is 14.2 Å². The quantitative estimate of drug-likeness (QED) is 0.881. The van der Waals surface area contributed by atoms with Gasteiger partial charge in [-0.2, -0.15) is 0 Å². The number of Topliss-reactive ketones (excluding diaryl/α,β-unsaturated/α-hetero) is 1. The topological polar surface area (TPSA) is 67.3 Å². The Hall–Kier alpha value is -1.79. The van der Waals surface area contributed by atoms with Crippen molar-refractivity contribution in [2.75, 3.05) is 0 Å². The van der Waals surface area contributed by atoms with Crippen molar-refractivity contribution in [3.63, 3.8) is 0 Å². The average molecular weight is 300 g/mol. The first kappa shape index (κ1) is 13.6. The largest absolute Gasteiger partial charge is 0.476 e. The lowest BCUT2D eigenvalue weighted by molar-refractivity contribution is 0.0687. The van der Waals surface area contributed by atoms with Crippen LogP contribution in [0.4, 0.5) is 4.39 Å². The van der Waals surface area contributed by atoms with Gasteiger partial charge in [0.05, 0.1) is 0 Å². The maximum Gasteiger partial charge on any atom is 0.356 e. The average Bonchev–Trinajstić information content (AvgIpc) is 2.73. The highest BCUT2D eigenvalue weighted by molar-refractivity contribution is 7.17. The molecule has 1 aromatic carbocycles. The van der Waals surface area contributed by atoms with Gasteiger partial charge in [-0.15, -0.1) is 11.3 Å². The number of carbonyl (C=O) groups is 2. The first-order valence-corrected chi connectivity index (χ1v) is 6.30. The summed E-state index contributed by atoms with van der Waals surface area (Å²) in [6, 6.07) is 3.97. The predicted molar refractivity (Wildman–Crippen MR) is 69.5 cm³/mol. The lowest BCUT2D eigenvalue weighted by atomic mass is 10.2. The van der Waals surface area contributed by atoms with E-state index in [2.05, 4.69) is 4.98 Å². The lowest BCUT2D eigenvalue weighted by Crippen LogP contribution is -2.03. The van der Waals surface area contributed by atoms with Crippen molar-refractivity contribution in [2.45, 2.75) is 6.92 Å². The molecule has 0 amide bonds. The van der Waals surface area contributed by atoms with Crippen LogP contribution in [0.15, 0.2) is 18.2 Å². The minimum absolute atomic E-state index is 0.00292. The van der Waals surface area contributed by atoms with Crippen LogP contribution in [-0.2, 0) is 0 Å². The molecule has 1 N–H and O–H groups in total. The first-order valence-electron chi connectivity index (χ1n) is 5.10. The van der Waals surface area contributed by atoms with Crippen molar-refractivity contribution in [3.05, 3.63) is 39.6 Å². The van der Waals surface area contributed by atoms with Crippen LogP contribution in [0.25, 0.3) is 10.6 Å². The van der Waals surface area contributed by atoms with Gasteiger partial charge in [-0.3, -0.25) is 4.79 Å². The zero-order chi connectivity index (χ0) is 14.2. The van der Waals surface area contributed by atoms with Crippen LogP contribution in [0.1, 0.15) is 27.1 Å². The smallest absolute Gasteiger partial charge is 0.356 e. The van der Waals surface area contributed by atoms with Gasteiger partial charge >= 0.3 is 5.97 Å². The van der Waals surface area contributed by atoms with E-state index in [4.69, 9.17) is 16.7 Å². The van der Waals surface area contributed by atoms with Crippen molar-refractivity contribution < 1.29 is 19.1 Å². The molecule has 0 saturated carbocycles. The fourth-order valence-electron chi connectivity index (χ4n) is 1.48. The van der Waals surface area contributed by atoms with Gasteiger partial charge in [0.25, 0.3) is 0 Å². The highest BCUT2D eigenvalue weighted by Gasteiger charge is 2.22. The number of benzene rings is 1. The molecule has 2 rings (SSSR count). The minimum Gasteiger partial charge on any atom is -0.476 e. The molecule has 98 valence electrons. The Labute approximate surface area is 116 Å². The Morgan fingerprint density at radius 3 is 2.58 bits per heavy atom. The van der Waals surface area contributed by atoms with Crippen molar-refractivity contribution >= 4 is 34.7 Å². The molecule has 4 nitrogen and oxygen atoms in total.